The number of sulfonamides is 1. The Bertz CT molecular complexity index is 566. The van der Waals surface area contributed by atoms with E-state index in [9.17, 15) is 8.42 Å². The molecule has 0 heterocycles. The van der Waals surface area contributed by atoms with E-state index in [0.29, 0.717) is 11.6 Å². The number of nitrogens with one attached hydrogen (secondary N) is 1. The molecule has 2 rings (SSSR count). The summed E-state index contributed by atoms with van der Waals surface area (Å²) in [5.74, 6) is 0. The van der Waals surface area contributed by atoms with Crippen molar-refractivity contribution in [3.05, 3.63) is 23.2 Å². The molecule has 0 bridgehead atoms. The van der Waals surface area contributed by atoms with Gasteiger partial charge in [0.05, 0.1) is 5.69 Å². The number of rotatable bonds is 4. The first kappa shape index (κ1) is 14.6. The molecule has 0 amide bonds. The summed E-state index contributed by atoms with van der Waals surface area (Å²) in [7, 11) is -3.60. The van der Waals surface area contributed by atoms with Crippen molar-refractivity contribution in [2.45, 2.75) is 37.5 Å². The summed E-state index contributed by atoms with van der Waals surface area (Å²) in [4.78, 5) is 0.0570. The minimum absolute atomic E-state index is 0.0560. The van der Waals surface area contributed by atoms with Crippen LogP contribution in [-0.4, -0.2) is 15.0 Å². The average molecular weight is 303 g/mol. The van der Waals surface area contributed by atoms with E-state index >= 15 is 0 Å². The van der Waals surface area contributed by atoms with Crippen LogP contribution in [0.2, 0.25) is 5.02 Å². The third kappa shape index (κ3) is 3.41. The van der Waals surface area contributed by atoms with Gasteiger partial charge in [0.1, 0.15) is 4.90 Å². The van der Waals surface area contributed by atoms with Gasteiger partial charge in [0.25, 0.3) is 0 Å². The van der Waals surface area contributed by atoms with Gasteiger partial charge in [-0.05, 0) is 36.5 Å². The lowest BCUT2D eigenvalue weighted by atomic mass is 9.89. The molecule has 0 unspecified atom stereocenters. The second-order valence-corrected chi connectivity index (χ2v) is 7.70. The van der Waals surface area contributed by atoms with Crippen LogP contribution >= 0.6 is 11.6 Å². The van der Waals surface area contributed by atoms with E-state index in [1.54, 1.807) is 6.07 Å². The molecule has 1 aromatic rings. The summed E-state index contributed by atoms with van der Waals surface area (Å²) < 4.78 is 27.2. The molecule has 1 saturated carbocycles. The van der Waals surface area contributed by atoms with E-state index in [1.807, 2.05) is 0 Å². The Morgan fingerprint density at radius 1 is 1.37 bits per heavy atom. The minimum Gasteiger partial charge on any atom is -0.398 e. The summed E-state index contributed by atoms with van der Waals surface area (Å²) in [5, 5.41) is 0.363. The van der Waals surface area contributed by atoms with E-state index < -0.39 is 10.0 Å². The molecule has 106 valence electrons. The molecule has 0 aromatic heterocycles. The van der Waals surface area contributed by atoms with Crippen LogP contribution in [0.1, 0.15) is 32.6 Å². The Labute approximate surface area is 119 Å². The molecule has 3 N–H and O–H groups in total. The van der Waals surface area contributed by atoms with Gasteiger partial charge in [-0.25, -0.2) is 13.1 Å². The average Bonchev–Trinajstić information content (AvgIpc) is 2.78. The van der Waals surface area contributed by atoms with Crippen LogP contribution in [0.4, 0.5) is 5.69 Å². The fraction of sp³-hybridized carbons (Fsp3) is 0.538. The molecular formula is C13H19ClN2O2S. The predicted molar refractivity (Wildman–Crippen MR) is 77.6 cm³/mol. The maximum atomic E-state index is 12.3. The summed E-state index contributed by atoms with van der Waals surface area (Å²) >= 11 is 5.83. The number of halogens is 1. The first-order valence-electron chi connectivity index (χ1n) is 6.37. The SMILES string of the molecule is CC1(CNS(=O)(=O)c2cc(Cl)ccc2N)CCCC1. The quantitative estimate of drug-likeness (QED) is 0.840. The Hall–Kier alpha value is -0.780. The number of nitrogens with two attached hydrogens (primary N) is 1. The van der Waals surface area contributed by atoms with Gasteiger partial charge in [-0.2, -0.15) is 0 Å². The van der Waals surface area contributed by atoms with E-state index in [1.165, 1.54) is 12.1 Å². The number of benzene rings is 1. The lowest BCUT2D eigenvalue weighted by Gasteiger charge is -2.23. The monoisotopic (exact) mass is 302 g/mol. The smallest absolute Gasteiger partial charge is 0.242 e. The highest BCUT2D eigenvalue weighted by molar-refractivity contribution is 7.89. The van der Waals surface area contributed by atoms with Crippen LogP contribution in [0.25, 0.3) is 0 Å². The Morgan fingerprint density at radius 3 is 2.63 bits per heavy atom. The molecule has 1 aromatic carbocycles. The van der Waals surface area contributed by atoms with Gasteiger partial charge >= 0.3 is 0 Å². The van der Waals surface area contributed by atoms with Crippen molar-refractivity contribution in [3.63, 3.8) is 0 Å². The maximum absolute atomic E-state index is 12.3. The van der Waals surface area contributed by atoms with Crippen molar-refractivity contribution in [1.29, 1.82) is 0 Å². The molecule has 19 heavy (non-hydrogen) atoms. The summed E-state index contributed by atoms with van der Waals surface area (Å²) in [5.41, 5.74) is 5.99. The van der Waals surface area contributed by atoms with Crippen molar-refractivity contribution in [3.8, 4) is 0 Å². The first-order valence-corrected chi connectivity index (χ1v) is 8.23. The van der Waals surface area contributed by atoms with E-state index in [4.69, 9.17) is 17.3 Å². The van der Waals surface area contributed by atoms with Crippen LogP contribution in [0.5, 0.6) is 0 Å². The van der Waals surface area contributed by atoms with Gasteiger partial charge in [0, 0.05) is 11.6 Å². The van der Waals surface area contributed by atoms with Crippen LogP contribution in [0.15, 0.2) is 23.1 Å². The zero-order valence-electron chi connectivity index (χ0n) is 10.9. The van der Waals surface area contributed by atoms with Crippen LogP contribution in [0.3, 0.4) is 0 Å². The Kier molecular flexibility index (Phi) is 4.08. The lowest BCUT2D eigenvalue weighted by Crippen LogP contribution is -2.34. The highest BCUT2D eigenvalue weighted by atomic mass is 35.5. The molecule has 1 aliphatic carbocycles. The standard InChI is InChI=1S/C13H19ClN2O2S/c1-13(6-2-3-7-13)9-16-19(17,18)12-8-10(14)4-5-11(12)15/h4-5,8,16H,2-3,6-7,9,15H2,1H3. The van der Waals surface area contributed by atoms with Gasteiger partial charge in [0.2, 0.25) is 10.0 Å². The Balaban J connectivity index is 2.16. The van der Waals surface area contributed by atoms with E-state index in [2.05, 4.69) is 11.6 Å². The molecule has 0 atom stereocenters. The third-order valence-corrected chi connectivity index (χ3v) is 5.46. The predicted octanol–water partition coefficient (Wildman–Crippen LogP) is 2.78. The van der Waals surface area contributed by atoms with Crippen molar-refractivity contribution in [2.75, 3.05) is 12.3 Å². The molecule has 4 nitrogen and oxygen atoms in total. The molecule has 0 aliphatic heterocycles. The Morgan fingerprint density at radius 2 is 2.00 bits per heavy atom. The second kappa shape index (κ2) is 5.31. The highest BCUT2D eigenvalue weighted by Gasteiger charge is 2.30. The fourth-order valence-electron chi connectivity index (χ4n) is 2.49. The van der Waals surface area contributed by atoms with Gasteiger partial charge in [-0.15, -0.1) is 0 Å². The van der Waals surface area contributed by atoms with E-state index in [-0.39, 0.29) is 16.0 Å². The van der Waals surface area contributed by atoms with Crippen molar-refractivity contribution in [1.82, 2.24) is 4.72 Å². The number of hydrogen-bond acceptors (Lipinski definition) is 3. The molecule has 1 fully saturated rings. The number of hydrogen-bond donors (Lipinski definition) is 2. The van der Waals surface area contributed by atoms with E-state index in [0.717, 1.165) is 25.7 Å². The van der Waals surface area contributed by atoms with Crippen molar-refractivity contribution in [2.24, 2.45) is 5.41 Å². The largest absolute Gasteiger partial charge is 0.398 e. The lowest BCUT2D eigenvalue weighted by molar-refractivity contribution is 0.336. The van der Waals surface area contributed by atoms with Gasteiger partial charge in [-0.1, -0.05) is 31.4 Å². The number of nitrogen functional groups attached to an aromatic ring is 1. The molecule has 0 spiro atoms. The maximum Gasteiger partial charge on any atom is 0.242 e. The summed E-state index contributed by atoms with van der Waals surface area (Å²) in [6.45, 7) is 2.56. The van der Waals surface area contributed by atoms with Crippen molar-refractivity contribution >= 4 is 27.3 Å². The summed E-state index contributed by atoms with van der Waals surface area (Å²) in [6, 6.07) is 4.47. The topological polar surface area (TPSA) is 72.2 Å². The third-order valence-electron chi connectivity index (χ3n) is 3.76. The van der Waals surface area contributed by atoms with Gasteiger partial charge in [0.15, 0.2) is 0 Å². The van der Waals surface area contributed by atoms with Crippen LogP contribution in [0, 0.1) is 5.41 Å². The zero-order chi connectivity index (χ0) is 14.1. The summed E-state index contributed by atoms with van der Waals surface area (Å²) in [6.07, 6.45) is 4.44. The van der Waals surface area contributed by atoms with Crippen molar-refractivity contribution < 1.29 is 8.42 Å². The second-order valence-electron chi connectivity index (χ2n) is 5.52. The highest BCUT2D eigenvalue weighted by Crippen LogP contribution is 2.37. The van der Waals surface area contributed by atoms with Gasteiger partial charge < -0.3 is 5.73 Å². The minimum atomic E-state index is -3.60. The molecule has 6 heteroatoms. The molecule has 1 aliphatic rings. The fourth-order valence-corrected chi connectivity index (χ4v) is 4.08. The number of anilines is 1. The molecule has 0 radical (unpaired) electrons. The zero-order valence-corrected chi connectivity index (χ0v) is 12.5. The molecular weight excluding hydrogens is 284 g/mol. The van der Waals surface area contributed by atoms with Crippen LogP contribution < -0.4 is 10.5 Å². The molecule has 0 saturated heterocycles. The van der Waals surface area contributed by atoms with Crippen LogP contribution in [-0.2, 0) is 10.0 Å². The van der Waals surface area contributed by atoms with Gasteiger partial charge in [-0.3, -0.25) is 0 Å². The normalized spacial score (nSPS) is 18.6. The first-order chi connectivity index (χ1) is 8.82.